The highest BCUT2D eigenvalue weighted by atomic mass is 32.2. The first-order valence-corrected chi connectivity index (χ1v) is 12.3. The van der Waals surface area contributed by atoms with Gasteiger partial charge in [-0.1, -0.05) is 0 Å². The van der Waals surface area contributed by atoms with Crippen LogP contribution in [0.1, 0.15) is 36.8 Å². The Kier molecular flexibility index (Phi) is 4.68. The Hall–Kier alpha value is -0.850. The Morgan fingerprint density at radius 1 is 1.14 bits per heavy atom. The van der Waals surface area contributed by atoms with E-state index in [0.717, 1.165) is 48.8 Å². The number of hydrogen-bond donors (Lipinski definition) is 0. The van der Waals surface area contributed by atoms with Gasteiger partial charge in [0.25, 0.3) is 0 Å². The predicted molar refractivity (Wildman–Crippen MR) is 116 cm³/mol. The zero-order valence-electron chi connectivity index (χ0n) is 17.0. The van der Waals surface area contributed by atoms with Crippen LogP contribution in [0, 0.1) is 5.92 Å². The van der Waals surface area contributed by atoms with E-state index in [2.05, 4.69) is 24.1 Å². The number of rotatable bonds is 2. The molecule has 0 radical (unpaired) electrons. The Morgan fingerprint density at radius 3 is 2.57 bits per heavy atom. The molecule has 4 nitrogen and oxygen atoms in total. The molecule has 28 heavy (non-hydrogen) atoms. The van der Waals surface area contributed by atoms with E-state index in [1.165, 1.54) is 17.5 Å². The predicted octanol–water partition coefficient (Wildman–Crippen LogP) is 3.75. The van der Waals surface area contributed by atoms with Gasteiger partial charge in [0.15, 0.2) is 17.3 Å². The standard InChI is InChI=1S/C22H29NO3S2/c1-23-6-5-21-13-20(24)22(27-7-4-8-28-22)12-16(21)17(23)9-14-10-18(25-2)19(26-3)11-15(14)21/h10-11,16-17H,4-9,12-13H2,1-3H3/t16?,17-,21-/m0/s1. The second kappa shape index (κ2) is 6.85. The molecule has 1 aromatic carbocycles. The number of fused-ring (bicyclic) bond motifs is 1. The lowest BCUT2D eigenvalue weighted by Crippen LogP contribution is -2.64. The number of ketones is 1. The van der Waals surface area contributed by atoms with E-state index in [9.17, 15) is 4.79 Å². The Labute approximate surface area is 176 Å². The molecule has 5 rings (SSSR count). The summed E-state index contributed by atoms with van der Waals surface area (Å²) in [5.74, 6) is 4.85. The summed E-state index contributed by atoms with van der Waals surface area (Å²) in [6.07, 6.45) is 5.03. The summed E-state index contributed by atoms with van der Waals surface area (Å²) in [5, 5.41) is 0. The molecule has 3 fully saturated rings. The van der Waals surface area contributed by atoms with Crippen LogP contribution < -0.4 is 9.47 Å². The SMILES string of the molecule is COc1cc2c(cc1OC)[C@@]13CCN(C)[C@@H](C2)C1CC1(SCCCS1)C(=O)C3. The maximum Gasteiger partial charge on any atom is 0.161 e. The van der Waals surface area contributed by atoms with Crippen molar-refractivity contribution >= 4 is 29.3 Å². The van der Waals surface area contributed by atoms with Gasteiger partial charge >= 0.3 is 0 Å². The number of nitrogens with zero attached hydrogens (tertiary/aromatic N) is 1. The number of likely N-dealkylation sites (N-methyl/N-ethyl adjacent to an activating group) is 1. The maximum absolute atomic E-state index is 13.6. The fourth-order valence-electron chi connectivity index (χ4n) is 6.14. The fraction of sp³-hybridized carbons (Fsp3) is 0.682. The lowest BCUT2D eigenvalue weighted by Gasteiger charge is -2.61. The van der Waals surface area contributed by atoms with Crippen molar-refractivity contribution in [2.45, 2.75) is 47.6 Å². The van der Waals surface area contributed by atoms with Gasteiger partial charge in [-0.15, -0.1) is 23.5 Å². The second-order valence-corrected chi connectivity index (χ2v) is 11.8. The summed E-state index contributed by atoms with van der Waals surface area (Å²) in [6.45, 7) is 1.06. The van der Waals surface area contributed by atoms with E-state index in [1.54, 1.807) is 14.2 Å². The van der Waals surface area contributed by atoms with Crippen molar-refractivity contribution < 1.29 is 14.3 Å². The molecule has 2 bridgehead atoms. The molecule has 0 N–H and O–H groups in total. The van der Waals surface area contributed by atoms with E-state index >= 15 is 0 Å². The van der Waals surface area contributed by atoms with Crippen LogP contribution in [0.2, 0.25) is 0 Å². The van der Waals surface area contributed by atoms with Crippen LogP contribution in [0.3, 0.4) is 0 Å². The monoisotopic (exact) mass is 419 g/mol. The number of carbonyl (C=O) groups excluding carboxylic acids is 1. The summed E-state index contributed by atoms with van der Waals surface area (Å²) < 4.78 is 11.0. The van der Waals surface area contributed by atoms with E-state index in [4.69, 9.17) is 9.47 Å². The number of thioether (sulfide) groups is 2. The molecule has 1 unspecified atom stereocenters. The van der Waals surface area contributed by atoms with Gasteiger partial charge in [-0.25, -0.2) is 0 Å². The average Bonchev–Trinajstić information content (AvgIpc) is 2.71. The Morgan fingerprint density at radius 2 is 1.86 bits per heavy atom. The van der Waals surface area contributed by atoms with Crippen LogP contribution in [0.5, 0.6) is 11.5 Å². The minimum atomic E-state index is -0.198. The molecule has 2 aliphatic carbocycles. The molecule has 152 valence electrons. The number of Topliss-reactive ketones (excluding diaryl/α,β-unsaturated/α-hetero) is 1. The average molecular weight is 420 g/mol. The van der Waals surface area contributed by atoms with Crippen LogP contribution in [0.25, 0.3) is 0 Å². The molecular formula is C22H29NO3S2. The Balaban J connectivity index is 1.64. The molecule has 4 aliphatic rings. The molecule has 0 amide bonds. The number of benzene rings is 1. The highest BCUT2D eigenvalue weighted by molar-refractivity contribution is 8.19. The number of ether oxygens (including phenoxy) is 2. The first-order chi connectivity index (χ1) is 13.5. The van der Waals surface area contributed by atoms with Crippen LogP contribution in [-0.2, 0) is 16.6 Å². The minimum Gasteiger partial charge on any atom is -0.493 e. The summed E-state index contributed by atoms with van der Waals surface area (Å²) in [6, 6.07) is 4.86. The van der Waals surface area contributed by atoms with Gasteiger partial charge in [0, 0.05) is 17.9 Å². The van der Waals surface area contributed by atoms with Crippen molar-refractivity contribution in [1.82, 2.24) is 4.90 Å². The van der Waals surface area contributed by atoms with E-state index in [1.807, 2.05) is 23.5 Å². The molecule has 1 spiro atoms. The molecule has 1 saturated carbocycles. The van der Waals surface area contributed by atoms with Gasteiger partial charge in [0.2, 0.25) is 0 Å². The lowest BCUT2D eigenvalue weighted by molar-refractivity contribution is -0.127. The molecule has 2 aliphatic heterocycles. The van der Waals surface area contributed by atoms with Crippen molar-refractivity contribution in [2.75, 3.05) is 39.3 Å². The third-order valence-electron chi connectivity index (χ3n) is 7.57. The summed E-state index contributed by atoms with van der Waals surface area (Å²) >= 11 is 3.86. The second-order valence-electron chi connectivity index (χ2n) is 8.74. The number of methoxy groups -OCH3 is 2. The van der Waals surface area contributed by atoms with Crippen LogP contribution in [-0.4, -0.2) is 60.1 Å². The van der Waals surface area contributed by atoms with Crippen LogP contribution in [0.15, 0.2) is 12.1 Å². The van der Waals surface area contributed by atoms with Crippen molar-refractivity contribution in [2.24, 2.45) is 5.92 Å². The van der Waals surface area contributed by atoms with E-state index in [0.29, 0.717) is 24.2 Å². The highest BCUT2D eigenvalue weighted by Gasteiger charge is 2.61. The van der Waals surface area contributed by atoms with Gasteiger partial charge < -0.3 is 14.4 Å². The van der Waals surface area contributed by atoms with Crippen molar-refractivity contribution in [1.29, 1.82) is 0 Å². The molecule has 2 saturated heterocycles. The smallest absolute Gasteiger partial charge is 0.161 e. The number of likely N-dealkylation sites (tertiary alicyclic amines) is 1. The van der Waals surface area contributed by atoms with E-state index < -0.39 is 0 Å². The minimum absolute atomic E-state index is 0.0365. The van der Waals surface area contributed by atoms with Gasteiger partial charge in [-0.05, 0) is 80.0 Å². The van der Waals surface area contributed by atoms with Gasteiger partial charge in [0.05, 0.1) is 14.2 Å². The molecule has 2 heterocycles. The van der Waals surface area contributed by atoms with Crippen LogP contribution in [0.4, 0.5) is 0 Å². The first kappa shape index (κ1) is 19.1. The fourth-order valence-corrected chi connectivity index (χ4v) is 9.45. The van der Waals surface area contributed by atoms with E-state index in [-0.39, 0.29) is 9.49 Å². The molecular weight excluding hydrogens is 390 g/mol. The Bertz CT molecular complexity index is 807. The van der Waals surface area contributed by atoms with Gasteiger partial charge in [0.1, 0.15) is 4.08 Å². The molecule has 1 aromatic rings. The maximum atomic E-state index is 13.6. The highest BCUT2D eigenvalue weighted by Crippen LogP contribution is 2.62. The lowest BCUT2D eigenvalue weighted by atomic mass is 9.52. The number of piperidine rings is 1. The van der Waals surface area contributed by atoms with Crippen LogP contribution >= 0.6 is 23.5 Å². The van der Waals surface area contributed by atoms with Gasteiger partial charge in [-0.2, -0.15) is 0 Å². The largest absolute Gasteiger partial charge is 0.493 e. The quantitative estimate of drug-likeness (QED) is 0.727. The zero-order valence-corrected chi connectivity index (χ0v) is 18.6. The molecule has 0 aromatic heterocycles. The topological polar surface area (TPSA) is 38.8 Å². The molecule has 6 heteroatoms. The summed E-state index contributed by atoms with van der Waals surface area (Å²) in [5.41, 5.74) is 2.66. The third-order valence-corrected chi connectivity index (χ3v) is 11.0. The summed E-state index contributed by atoms with van der Waals surface area (Å²) in [7, 11) is 5.67. The van der Waals surface area contributed by atoms with Crippen molar-refractivity contribution in [3.63, 3.8) is 0 Å². The van der Waals surface area contributed by atoms with Gasteiger partial charge in [-0.3, -0.25) is 4.79 Å². The number of carbonyl (C=O) groups is 1. The van der Waals surface area contributed by atoms with Crippen molar-refractivity contribution in [3.05, 3.63) is 23.3 Å². The van der Waals surface area contributed by atoms with Crippen molar-refractivity contribution in [3.8, 4) is 11.5 Å². The number of hydrogen-bond acceptors (Lipinski definition) is 6. The molecule has 3 atom stereocenters. The third kappa shape index (κ3) is 2.60. The summed E-state index contributed by atoms with van der Waals surface area (Å²) in [4.78, 5) is 16.1. The zero-order chi connectivity index (χ0) is 19.5. The first-order valence-electron chi connectivity index (χ1n) is 10.3. The normalized spacial score (nSPS) is 33.9.